The third kappa shape index (κ3) is 3.94. The van der Waals surface area contributed by atoms with Gasteiger partial charge in [0.25, 0.3) is 0 Å². The molecule has 0 atom stereocenters. The number of carbonyl (C=O) groups is 2. The Hall–Kier alpha value is -1.91. The summed E-state index contributed by atoms with van der Waals surface area (Å²) in [5, 5.41) is 0. The summed E-state index contributed by atoms with van der Waals surface area (Å²) in [6.45, 7) is 2.95. The molecule has 0 aromatic heterocycles. The van der Waals surface area contributed by atoms with Gasteiger partial charge in [-0.25, -0.2) is 4.39 Å². The van der Waals surface area contributed by atoms with Gasteiger partial charge in [0, 0.05) is 32.1 Å². The Morgan fingerprint density at radius 3 is 2.29 bits per heavy atom. The molecule has 0 spiro atoms. The molecule has 2 saturated heterocycles. The van der Waals surface area contributed by atoms with Crippen LogP contribution in [0.3, 0.4) is 0 Å². The van der Waals surface area contributed by atoms with Crippen molar-refractivity contribution in [2.75, 3.05) is 26.2 Å². The highest BCUT2D eigenvalue weighted by Gasteiger charge is 2.30. The summed E-state index contributed by atoms with van der Waals surface area (Å²) in [7, 11) is 0. The molecule has 0 aliphatic carbocycles. The van der Waals surface area contributed by atoms with Crippen LogP contribution >= 0.6 is 0 Å². The summed E-state index contributed by atoms with van der Waals surface area (Å²) in [5.41, 5.74) is 0.439. The number of likely N-dealkylation sites (tertiary alicyclic amines) is 2. The van der Waals surface area contributed by atoms with Gasteiger partial charge in [0.15, 0.2) is 0 Å². The van der Waals surface area contributed by atoms with Crippen molar-refractivity contribution in [3.05, 3.63) is 35.6 Å². The highest BCUT2D eigenvalue weighted by Crippen LogP contribution is 2.22. The van der Waals surface area contributed by atoms with Crippen molar-refractivity contribution in [1.29, 1.82) is 0 Å². The average molecular weight is 332 g/mol. The lowest BCUT2D eigenvalue weighted by atomic mass is 9.94. The van der Waals surface area contributed by atoms with Crippen LogP contribution in [0.2, 0.25) is 0 Å². The molecule has 5 heteroatoms. The van der Waals surface area contributed by atoms with Gasteiger partial charge >= 0.3 is 0 Å². The molecule has 2 amide bonds. The van der Waals surface area contributed by atoms with Crippen molar-refractivity contribution in [2.45, 2.75) is 38.5 Å². The molecule has 0 saturated carbocycles. The number of nitrogens with zero attached hydrogens (tertiary/aromatic N) is 2. The zero-order valence-electron chi connectivity index (χ0n) is 14.0. The summed E-state index contributed by atoms with van der Waals surface area (Å²) in [6, 6.07) is 6.40. The Labute approximate surface area is 142 Å². The molecule has 2 aliphatic heterocycles. The van der Waals surface area contributed by atoms with E-state index >= 15 is 0 Å². The zero-order valence-corrected chi connectivity index (χ0v) is 14.0. The van der Waals surface area contributed by atoms with Gasteiger partial charge in [-0.05, 0) is 43.7 Å². The lowest BCUT2D eigenvalue weighted by Gasteiger charge is -2.35. The SMILES string of the molecule is O=C(Cc1ccccc1F)N1CCC(C(=O)N2CCCCC2)CC1. The minimum absolute atomic E-state index is 0.0422. The predicted octanol–water partition coefficient (Wildman–Crippen LogP) is 2.62. The molecule has 0 N–H and O–H groups in total. The third-order valence-corrected chi connectivity index (χ3v) is 5.16. The first-order valence-corrected chi connectivity index (χ1v) is 8.95. The monoisotopic (exact) mass is 332 g/mol. The van der Waals surface area contributed by atoms with E-state index in [1.54, 1.807) is 23.1 Å². The van der Waals surface area contributed by atoms with Crippen LogP contribution in [0.15, 0.2) is 24.3 Å². The molecule has 24 heavy (non-hydrogen) atoms. The second kappa shape index (κ2) is 7.77. The molecular formula is C19H25FN2O2. The lowest BCUT2D eigenvalue weighted by molar-refractivity contribution is -0.141. The van der Waals surface area contributed by atoms with Crippen LogP contribution < -0.4 is 0 Å². The number of piperidine rings is 2. The summed E-state index contributed by atoms with van der Waals surface area (Å²) in [4.78, 5) is 28.7. The molecule has 0 radical (unpaired) electrons. The Bertz CT molecular complexity index is 591. The van der Waals surface area contributed by atoms with Gasteiger partial charge in [0.2, 0.25) is 11.8 Å². The molecule has 2 fully saturated rings. The van der Waals surface area contributed by atoms with Gasteiger partial charge in [-0.2, -0.15) is 0 Å². The van der Waals surface area contributed by atoms with Gasteiger partial charge in [-0.1, -0.05) is 18.2 Å². The molecule has 4 nitrogen and oxygen atoms in total. The van der Waals surface area contributed by atoms with Gasteiger partial charge in [-0.15, -0.1) is 0 Å². The quantitative estimate of drug-likeness (QED) is 0.854. The molecule has 130 valence electrons. The summed E-state index contributed by atoms with van der Waals surface area (Å²) < 4.78 is 13.7. The van der Waals surface area contributed by atoms with Crippen LogP contribution in [0.4, 0.5) is 4.39 Å². The average Bonchev–Trinajstić information content (AvgIpc) is 2.64. The Morgan fingerprint density at radius 1 is 0.958 bits per heavy atom. The zero-order chi connectivity index (χ0) is 16.9. The summed E-state index contributed by atoms with van der Waals surface area (Å²) in [6.07, 6.45) is 4.96. The number of rotatable bonds is 3. The fourth-order valence-electron chi connectivity index (χ4n) is 3.66. The van der Waals surface area contributed by atoms with E-state index in [0.29, 0.717) is 18.7 Å². The van der Waals surface area contributed by atoms with Crippen LogP contribution in [0.1, 0.15) is 37.7 Å². The Kier molecular flexibility index (Phi) is 5.48. The van der Waals surface area contributed by atoms with Gasteiger partial charge in [-0.3, -0.25) is 9.59 Å². The smallest absolute Gasteiger partial charge is 0.227 e. The maximum absolute atomic E-state index is 13.7. The van der Waals surface area contributed by atoms with Crippen molar-refractivity contribution in [1.82, 2.24) is 9.80 Å². The van der Waals surface area contributed by atoms with Gasteiger partial charge in [0.05, 0.1) is 6.42 Å². The van der Waals surface area contributed by atoms with Crippen molar-refractivity contribution in [3.8, 4) is 0 Å². The third-order valence-electron chi connectivity index (χ3n) is 5.16. The first kappa shape index (κ1) is 16.9. The highest BCUT2D eigenvalue weighted by atomic mass is 19.1. The minimum Gasteiger partial charge on any atom is -0.342 e. The molecule has 2 heterocycles. The first-order valence-electron chi connectivity index (χ1n) is 8.95. The van der Waals surface area contributed by atoms with Crippen molar-refractivity contribution >= 4 is 11.8 Å². The summed E-state index contributed by atoms with van der Waals surface area (Å²) >= 11 is 0. The molecule has 1 aromatic rings. The Balaban J connectivity index is 1.50. The molecule has 0 unspecified atom stereocenters. The fraction of sp³-hybridized carbons (Fsp3) is 0.579. The van der Waals surface area contributed by atoms with Crippen LogP contribution in [-0.4, -0.2) is 47.8 Å². The summed E-state index contributed by atoms with van der Waals surface area (Å²) in [5.74, 6) is -0.0819. The van der Waals surface area contributed by atoms with Crippen LogP contribution in [0.25, 0.3) is 0 Å². The number of benzene rings is 1. The maximum atomic E-state index is 13.7. The normalized spacial score (nSPS) is 19.4. The van der Waals surface area contributed by atoms with Crippen molar-refractivity contribution in [3.63, 3.8) is 0 Å². The Morgan fingerprint density at radius 2 is 1.62 bits per heavy atom. The molecular weight excluding hydrogens is 307 g/mol. The first-order chi connectivity index (χ1) is 11.6. The maximum Gasteiger partial charge on any atom is 0.227 e. The lowest BCUT2D eigenvalue weighted by Crippen LogP contribution is -2.46. The number of hydrogen-bond donors (Lipinski definition) is 0. The van der Waals surface area contributed by atoms with Gasteiger partial charge in [0.1, 0.15) is 5.82 Å². The predicted molar refractivity (Wildman–Crippen MR) is 89.8 cm³/mol. The number of halogens is 1. The number of carbonyl (C=O) groups excluding carboxylic acids is 2. The van der Waals surface area contributed by atoms with E-state index in [-0.39, 0.29) is 30.0 Å². The van der Waals surface area contributed by atoms with E-state index in [4.69, 9.17) is 0 Å². The topological polar surface area (TPSA) is 40.6 Å². The van der Waals surface area contributed by atoms with Crippen molar-refractivity contribution in [2.24, 2.45) is 5.92 Å². The second-order valence-corrected chi connectivity index (χ2v) is 6.81. The van der Waals surface area contributed by atoms with Gasteiger partial charge < -0.3 is 9.80 Å². The van der Waals surface area contributed by atoms with Crippen LogP contribution in [-0.2, 0) is 16.0 Å². The van der Waals surface area contributed by atoms with E-state index in [2.05, 4.69) is 0 Å². The fourth-order valence-corrected chi connectivity index (χ4v) is 3.66. The van der Waals surface area contributed by atoms with Crippen LogP contribution in [0.5, 0.6) is 0 Å². The van der Waals surface area contributed by atoms with E-state index < -0.39 is 0 Å². The molecule has 2 aliphatic rings. The minimum atomic E-state index is -0.332. The van der Waals surface area contributed by atoms with Crippen LogP contribution in [0, 0.1) is 11.7 Å². The standard InChI is InChI=1S/C19H25FN2O2/c20-17-7-3-2-6-16(17)14-18(23)21-12-8-15(9-13-21)19(24)22-10-4-1-5-11-22/h2-3,6-7,15H,1,4-5,8-14H2. The van der Waals surface area contributed by atoms with Crippen molar-refractivity contribution < 1.29 is 14.0 Å². The highest BCUT2D eigenvalue weighted by molar-refractivity contribution is 5.81. The van der Waals surface area contributed by atoms with E-state index in [0.717, 1.165) is 38.8 Å². The van der Waals surface area contributed by atoms with E-state index in [1.165, 1.54) is 12.5 Å². The largest absolute Gasteiger partial charge is 0.342 e. The van der Waals surface area contributed by atoms with E-state index in [1.807, 2.05) is 4.90 Å². The van der Waals surface area contributed by atoms with E-state index in [9.17, 15) is 14.0 Å². The number of amides is 2. The second-order valence-electron chi connectivity index (χ2n) is 6.81. The number of hydrogen-bond acceptors (Lipinski definition) is 2. The molecule has 0 bridgehead atoms. The molecule has 3 rings (SSSR count). The molecule has 1 aromatic carbocycles.